The zero-order valence-corrected chi connectivity index (χ0v) is 20.6. The summed E-state index contributed by atoms with van der Waals surface area (Å²) < 4.78 is 8.55. The number of aromatic nitrogens is 5. The van der Waals surface area contributed by atoms with Gasteiger partial charge in [0.05, 0.1) is 11.3 Å². The molecule has 0 spiro atoms. The number of carbonyl (C=O) groups excluding carboxylic acids is 3. The van der Waals surface area contributed by atoms with Gasteiger partial charge in [-0.25, -0.2) is 14.8 Å². The summed E-state index contributed by atoms with van der Waals surface area (Å²) in [6, 6.07) is 12.6. The van der Waals surface area contributed by atoms with E-state index in [0.717, 1.165) is 11.3 Å². The lowest BCUT2D eigenvalue weighted by atomic mass is 10.2. The topological polar surface area (TPSA) is 159 Å². The Morgan fingerprint density at radius 2 is 1.92 bits per heavy atom. The third kappa shape index (κ3) is 6.10. The molecular formula is C25H28N8O4. The van der Waals surface area contributed by atoms with E-state index >= 15 is 0 Å². The highest BCUT2D eigenvalue weighted by Gasteiger charge is 2.19. The van der Waals surface area contributed by atoms with Crippen LogP contribution in [0.5, 0.6) is 0 Å². The van der Waals surface area contributed by atoms with Gasteiger partial charge in [0.25, 0.3) is 5.91 Å². The lowest BCUT2D eigenvalue weighted by molar-refractivity contribution is 0.0995. The molecule has 37 heavy (non-hydrogen) atoms. The van der Waals surface area contributed by atoms with Crippen molar-refractivity contribution in [3.63, 3.8) is 0 Å². The number of ether oxygens (including phenoxy) is 1. The average Bonchev–Trinajstić information content (AvgIpc) is 3.44. The van der Waals surface area contributed by atoms with Crippen molar-refractivity contribution in [3.05, 3.63) is 71.2 Å². The van der Waals surface area contributed by atoms with Crippen LogP contribution in [-0.4, -0.2) is 48.8 Å². The van der Waals surface area contributed by atoms with Crippen LogP contribution in [0.1, 0.15) is 45.4 Å². The summed E-state index contributed by atoms with van der Waals surface area (Å²) in [6.07, 6.45) is 1.34. The average molecular weight is 505 g/mol. The van der Waals surface area contributed by atoms with Gasteiger partial charge in [0, 0.05) is 25.8 Å². The van der Waals surface area contributed by atoms with Crippen LogP contribution >= 0.6 is 0 Å². The monoisotopic (exact) mass is 504 g/mol. The van der Waals surface area contributed by atoms with Crippen molar-refractivity contribution in [2.24, 2.45) is 5.73 Å². The molecule has 3 amide bonds. The smallest absolute Gasteiger partial charge is 0.407 e. The van der Waals surface area contributed by atoms with Crippen LogP contribution in [0.25, 0.3) is 11.2 Å². The molecule has 0 atom stereocenters. The standard InChI is InChI=1S/C25H28N8O4/c1-3-33-20(12-16(2)31-33)23(35)30-24-29-19-13-18(21(26)34)14-28-22(19)32(24)11-7-10-27-25(36)37-15-17-8-5-4-6-9-17/h4-6,8-9,12-14H,3,7,10-11,15H2,1-2H3,(H2,26,34)(H,27,36)(H,29,30,35). The molecule has 0 aliphatic heterocycles. The van der Waals surface area contributed by atoms with E-state index in [1.807, 2.05) is 44.2 Å². The normalized spacial score (nSPS) is 10.9. The second-order valence-electron chi connectivity index (χ2n) is 8.30. The molecule has 192 valence electrons. The predicted molar refractivity (Wildman–Crippen MR) is 136 cm³/mol. The van der Waals surface area contributed by atoms with Gasteiger partial charge in [-0.05, 0) is 38.0 Å². The maximum absolute atomic E-state index is 13.0. The summed E-state index contributed by atoms with van der Waals surface area (Å²) in [7, 11) is 0. The van der Waals surface area contributed by atoms with Crippen LogP contribution in [0.3, 0.4) is 0 Å². The maximum atomic E-state index is 13.0. The molecule has 0 radical (unpaired) electrons. The molecule has 0 unspecified atom stereocenters. The number of hydrogen-bond donors (Lipinski definition) is 3. The molecule has 4 aromatic rings. The minimum atomic E-state index is -0.630. The number of nitrogens with two attached hydrogens (primary N) is 1. The first-order valence-corrected chi connectivity index (χ1v) is 11.8. The molecule has 12 heteroatoms. The molecule has 0 aliphatic rings. The number of rotatable bonds is 10. The summed E-state index contributed by atoms with van der Waals surface area (Å²) in [4.78, 5) is 45.5. The number of nitrogens with one attached hydrogen (secondary N) is 2. The van der Waals surface area contributed by atoms with Gasteiger partial charge in [-0.1, -0.05) is 30.3 Å². The van der Waals surface area contributed by atoms with E-state index in [4.69, 9.17) is 10.5 Å². The minimum Gasteiger partial charge on any atom is -0.445 e. The van der Waals surface area contributed by atoms with E-state index in [9.17, 15) is 14.4 Å². The zero-order chi connectivity index (χ0) is 26.4. The van der Waals surface area contributed by atoms with Crippen LogP contribution in [0.4, 0.5) is 10.7 Å². The lowest BCUT2D eigenvalue weighted by Gasteiger charge is -2.11. The molecule has 0 saturated heterocycles. The number of primary amides is 1. The first-order valence-electron chi connectivity index (χ1n) is 11.8. The second-order valence-corrected chi connectivity index (χ2v) is 8.30. The second kappa shape index (κ2) is 11.3. The highest BCUT2D eigenvalue weighted by Crippen LogP contribution is 2.20. The lowest BCUT2D eigenvalue weighted by Crippen LogP contribution is -2.26. The number of amides is 3. The van der Waals surface area contributed by atoms with Crippen molar-refractivity contribution in [1.29, 1.82) is 0 Å². The van der Waals surface area contributed by atoms with E-state index in [2.05, 4.69) is 25.7 Å². The number of carbonyl (C=O) groups is 3. The van der Waals surface area contributed by atoms with Crippen LogP contribution in [-0.2, 0) is 24.4 Å². The molecule has 0 fully saturated rings. The third-order valence-corrected chi connectivity index (χ3v) is 5.57. The Kier molecular flexibility index (Phi) is 7.77. The van der Waals surface area contributed by atoms with E-state index in [0.29, 0.717) is 42.9 Å². The molecule has 4 N–H and O–H groups in total. The molecule has 0 bridgehead atoms. The maximum Gasteiger partial charge on any atom is 0.407 e. The van der Waals surface area contributed by atoms with Crippen LogP contribution < -0.4 is 16.4 Å². The highest BCUT2D eigenvalue weighted by atomic mass is 16.5. The van der Waals surface area contributed by atoms with Gasteiger partial charge in [-0.2, -0.15) is 5.10 Å². The fourth-order valence-electron chi connectivity index (χ4n) is 3.79. The molecule has 4 rings (SSSR count). The highest BCUT2D eigenvalue weighted by molar-refractivity contribution is 6.03. The zero-order valence-electron chi connectivity index (χ0n) is 20.6. The van der Waals surface area contributed by atoms with Gasteiger partial charge in [-0.15, -0.1) is 0 Å². The third-order valence-electron chi connectivity index (χ3n) is 5.57. The van der Waals surface area contributed by atoms with Crippen molar-refractivity contribution in [1.82, 2.24) is 29.6 Å². The van der Waals surface area contributed by atoms with Crippen molar-refractivity contribution in [2.45, 2.75) is 40.0 Å². The van der Waals surface area contributed by atoms with E-state index in [-0.39, 0.29) is 24.0 Å². The molecule has 1 aromatic carbocycles. The van der Waals surface area contributed by atoms with E-state index in [1.54, 1.807) is 15.3 Å². The van der Waals surface area contributed by atoms with Gasteiger partial charge in [0.15, 0.2) is 5.65 Å². The van der Waals surface area contributed by atoms with Crippen molar-refractivity contribution in [3.8, 4) is 0 Å². The Morgan fingerprint density at radius 1 is 1.14 bits per heavy atom. The molecule has 0 aliphatic carbocycles. The Balaban J connectivity index is 1.46. The molecular weight excluding hydrogens is 476 g/mol. The fraction of sp³-hybridized carbons (Fsp3) is 0.280. The first-order chi connectivity index (χ1) is 17.9. The number of imidazole rings is 1. The molecule has 0 saturated carbocycles. The summed E-state index contributed by atoms with van der Waals surface area (Å²) in [5.74, 6) is -0.755. The van der Waals surface area contributed by atoms with Gasteiger partial charge in [0.1, 0.15) is 17.8 Å². The largest absolute Gasteiger partial charge is 0.445 e. The van der Waals surface area contributed by atoms with Gasteiger partial charge in [-0.3, -0.25) is 24.2 Å². The number of nitrogens with zero attached hydrogens (tertiary/aromatic N) is 5. The van der Waals surface area contributed by atoms with Gasteiger partial charge in [0.2, 0.25) is 11.9 Å². The van der Waals surface area contributed by atoms with Crippen molar-refractivity contribution >= 4 is 35.0 Å². The Labute approximate surface area is 212 Å². The van der Waals surface area contributed by atoms with Crippen LogP contribution in [0, 0.1) is 6.92 Å². The number of hydrogen-bond acceptors (Lipinski definition) is 7. The molecule has 12 nitrogen and oxygen atoms in total. The van der Waals surface area contributed by atoms with Crippen LogP contribution in [0.15, 0.2) is 48.7 Å². The van der Waals surface area contributed by atoms with Gasteiger partial charge >= 0.3 is 6.09 Å². The minimum absolute atomic E-state index is 0.176. The predicted octanol–water partition coefficient (Wildman–Crippen LogP) is 2.62. The Morgan fingerprint density at radius 3 is 2.65 bits per heavy atom. The number of anilines is 1. The molecule has 3 heterocycles. The summed E-state index contributed by atoms with van der Waals surface area (Å²) >= 11 is 0. The fourth-order valence-corrected chi connectivity index (χ4v) is 3.79. The SMILES string of the molecule is CCn1nc(C)cc1C(=O)Nc1nc2cc(C(N)=O)cnc2n1CCCNC(=O)OCc1ccccc1. The Hall–Kier alpha value is -4.74. The summed E-state index contributed by atoms with van der Waals surface area (Å²) in [6.45, 7) is 5.11. The number of benzene rings is 1. The van der Waals surface area contributed by atoms with E-state index in [1.165, 1.54) is 12.3 Å². The number of alkyl carbamates (subject to hydrolysis) is 1. The van der Waals surface area contributed by atoms with Crippen molar-refractivity contribution in [2.75, 3.05) is 11.9 Å². The summed E-state index contributed by atoms with van der Waals surface area (Å²) in [5.41, 5.74) is 8.47. The number of fused-ring (bicyclic) bond motifs is 1. The number of pyridine rings is 1. The van der Waals surface area contributed by atoms with E-state index < -0.39 is 12.0 Å². The van der Waals surface area contributed by atoms with Crippen LogP contribution in [0.2, 0.25) is 0 Å². The Bertz CT molecular complexity index is 1430. The molecule has 3 aromatic heterocycles. The quantitative estimate of drug-likeness (QED) is 0.280. The van der Waals surface area contributed by atoms with Gasteiger partial charge < -0.3 is 15.8 Å². The first kappa shape index (κ1) is 25.4. The summed E-state index contributed by atoms with van der Waals surface area (Å²) in [5, 5.41) is 9.85. The van der Waals surface area contributed by atoms with Crippen molar-refractivity contribution < 1.29 is 19.1 Å². The number of aryl methyl sites for hydroxylation is 3.